The number of anilines is 1. The molecule has 3 aromatic heterocycles. The summed E-state index contributed by atoms with van der Waals surface area (Å²) in [6.07, 6.45) is 2.67. The van der Waals surface area contributed by atoms with Crippen LogP contribution in [0, 0.1) is 0 Å². The first-order chi connectivity index (χ1) is 21.5. The maximum atomic E-state index is 13.6. The number of H-pyrrole nitrogens is 1. The molecule has 4 heterocycles. The molecule has 1 fully saturated rings. The average Bonchev–Trinajstić information content (AvgIpc) is 3.75. The fourth-order valence-electron chi connectivity index (χ4n) is 5.70. The lowest BCUT2D eigenvalue weighted by Gasteiger charge is -2.35. The maximum absolute atomic E-state index is 13.6. The van der Waals surface area contributed by atoms with Crippen molar-refractivity contribution in [2.24, 2.45) is 0 Å². The Morgan fingerprint density at radius 3 is 2.39 bits per heavy atom. The van der Waals surface area contributed by atoms with Gasteiger partial charge in [-0.15, -0.1) is 0 Å². The number of hydrogen-bond acceptors (Lipinski definition) is 7. The Labute approximate surface area is 256 Å². The fraction of sp³-hybridized carbons (Fsp3) is 0.294. The van der Waals surface area contributed by atoms with Crippen LogP contribution in [0.1, 0.15) is 41.1 Å². The highest BCUT2D eigenvalue weighted by Gasteiger charge is 2.26. The van der Waals surface area contributed by atoms with E-state index < -0.39 is 0 Å². The summed E-state index contributed by atoms with van der Waals surface area (Å²) in [5.41, 5.74) is 3.20. The number of piperazine rings is 1. The molecule has 6 rings (SSSR count). The molecule has 1 unspecified atom stereocenters. The zero-order valence-corrected chi connectivity index (χ0v) is 24.8. The van der Waals surface area contributed by atoms with Crippen LogP contribution in [0.5, 0.6) is 0 Å². The number of hydrogen-bond donors (Lipinski definition) is 3. The molecule has 226 valence electrons. The Bertz CT molecular complexity index is 1680. The molecule has 44 heavy (non-hydrogen) atoms. The predicted octanol–water partition coefficient (Wildman–Crippen LogP) is 4.75. The summed E-state index contributed by atoms with van der Waals surface area (Å²) in [6, 6.07) is 26.0. The number of aromatic nitrogens is 3. The standard InChI is InChI=1S/C34H37N7O3/c1-24(42)35-15-16-36-32-28-23-29(37-33(28)39-31(38-32)26-11-6-3-7-12-26)34(43)41-20-18-40(19-21-41)17-14-27(30-13-8-22-44-30)25-9-4-2-5-10-25/h2-13,22-23,27H,14-21H2,1H3,(H,35,42)(H2,36,37,38,39). The monoisotopic (exact) mass is 591 g/mol. The minimum absolute atomic E-state index is 0.0501. The molecule has 0 radical (unpaired) electrons. The lowest BCUT2D eigenvalue weighted by atomic mass is 9.93. The van der Waals surface area contributed by atoms with Crippen LogP contribution in [0.15, 0.2) is 89.5 Å². The number of nitrogens with one attached hydrogen (secondary N) is 3. The molecule has 2 aromatic carbocycles. The zero-order chi connectivity index (χ0) is 30.3. The zero-order valence-electron chi connectivity index (χ0n) is 24.8. The number of aromatic amines is 1. The number of fused-ring (bicyclic) bond motifs is 1. The number of nitrogens with zero attached hydrogens (tertiary/aromatic N) is 4. The van der Waals surface area contributed by atoms with Gasteiger partial charge < -0.3 is 24.9 Å². The molecule has 3 N–H and O–H groups in total. The van der Waals surface area contributed by atoms with Gasteiger partial charge in [0.25, 0.3) is 5.91 Å². The number of benzene rings is 2. The van der Waals surface area contributed by atoms with Crippen LogP contribution in [-0.4, -0.2) is 82.4 Å². The lowest BCUT2D eigenvalue weighted by Crippen LogP contribution is -2.49. The number of furan rings is 1. The van der Waals surface area contributed by atoms with Gasteiger partial charge in [-0.25, -0.2) is 9.97 Å². The summed E-state index contributed by atoms with van der Waals surface area (Å²) in [7, 11) is 0. The molecule has 2 amide bonds. The Morgan fingerprint density at radius 2 is 1.68 bits per heavy atom. The van der Waals surface area contributed by atoms with Gasteiger partial charge in [-0.05, 0) is 36.7 Å². The Morgan fingerprint density at radius 1 is 0.932 bits per heavy atom. The second-order valence-corrected chi connectivity index (χ2v) is 11.0. The molecule has 1 saturated heterocycles. The molecule has 0 bridgehead atoms. The number of amides is 2. The second kappa shape index (κ2) is 13.6. The van der Waals surface area contributed by atoms with Crippen LogP contribution < -0.4 is 10.6 Å². The van der Waals surface area contributed by atoms with Gasteiger partial charge in [-0.2, -0.15) is 0 Å². The third-order valence-electron chi connectivity index (χ3n) is 8.02. The van der Waals surface area contributed by atoms with Crippen molar-refractivity contribution in [2.45, 2.75) is 19.3 Å². The quantitative estimate of drug-likeness (QED) is 0.190. The minimum atomic E-state index is -0.0900. The van der Waals surface area contributed by atoms with E-state index in [1.54, 1.807) is 6.26 Å². The van der Waals surface area contributed by atoms with Crippen molar-refractivity contribution < 1.29 is 14.0 Å². The molecule has 0 saturated carbocycles. The van der Waals surface area contributed by atoms with Crippen LogP contribution in [-0.2, 0) is 4.79 Å². The van der Waals surface area contributed by atoms with E-state index in [0.29, 0.717) is 49.2 Å². The Hall–Kier alpha value is -4.96. The SMILES string of the molecule is CC(=O)NCCNc1nc(-c2ccccc2)nc2[nH]c(C(=O)N3CCN(CCC(c4ccccc4)c4ccco4)CC3)cc12. The van der Waals surface area contributed by atoms with Crippen LogP contribution >= 0.6 is 0 Å². The average molecular weight is 592 g/mol. The van der Waals surface area contributed by atoms with Crippen LogP contribution in [0.2, 0.25) is 0 Å². The third kappa shape index (κ3) is 6.81. The largest absolute Gasteiger partial charge is 0.469 e. The van der Waals surface area contributed by atoms with E-state index in [2.05, 4.69) is 44.8 Å². The number of rotatable bonds is 11. The van der Waals surface area contributed by atoms with E-state index >= 15 is 0 Å². The van der Waals surface area contributed by atoms with Crippen LogP contribution in [0.25, 0.3) is 22.4 Å². The van der Waals surface area contributed by atoms with E-state index in [0.717, 1.165) is 42.8 Å². The van der Waals surface area contributed by atoms with E-state index in [9.17, 15) is 9.59 Å². The fourth-order valence-corrected chi connectivity index (χ4v) is 5.70. The number of carbonyl (C=O) groups excluding carboxylic acids is 2. The van der Waals surface area contributed by atoms with E-state index in [-0.39, 0.29) is 17.7 Å². The maximum Gasteiger partial charge on any atom is 0.270 e. The molecular formula is C34H37N7O3. The minimum Gasteiger partial charge on any atom is -0.469 e. The highest BCUT2D eigenvalue weighted by atomic mass is 16.3. The van der Waals surface area contributed by atoms with Gasteiger partial charge in [-0.3, -0.25) is 14.5 Å². The highest BCUT2D eigenvalue weighted by molar-refractivity contribution is 6.00. The van der Waals surface area contributed by atoms with Gasteiger partial charge in [0.15, 0.2) is 5.82 Å². The van der Waals surface area contributed by atoms with Crippen molar-refractivity contribution in [3.05, 3.63) is 102 Å². The van der Waals surface area contributed by atoms with Gasteiger partial charge >= 0.3 is 0 Å². The third-order valence-corrected chi connectivity index (χ3v) is 8.02. The first-order valence-electron chi connectivity index (χ1n) is 15.1. The summed E-state index contributed by atoms with van der Waals surface area (Å²) in [4.78, 5) is 42.0. The molecule has 1 atom stereocenters. The smallest absolute Gasteiger partial charge is 0.270 e. The van der Waals surface area contributed by atoms with Gasteiger partial charge in [0.1, 0.15) is 22.9 Å². The molecular weight excluding hydrogens is 554 g/mol. The first kappa shape index (κ1) is 29.1. The lowest BCUT2D eigenvalue weighted by molar-refractivity contribution is -0.118. The van der Waals surface area contributed by atoms with Crippen molar-refractivity contribution in [1.29, 1.82) is 0 Å². The summed E-state index contributed by atoms with van der Waals surface area (Å²) in [5.74, 6) is 2.20. The van der Waals surface area contributed by atoms with Crippen molar-refractivity contribution in [3.63, 3.8) is 0 Å². The summed E-state index contributed by atoms with van der Waals surface area (Å²) in [5, 5.41) is 6.84. The molecule has 10 nitrogen and oxygen atoms in total. The van der Waals surface area contributed by atoms with E-state index in [1.165, 1.54) is 12.5 Å². The first-order valence-corrected chi connectivity index (χ1v) is 15.1. The van der Waals surface area contributed by atoms with Crippen LogP contribution in [0.3, 0.4) is 0 Å². The molecule has 5 aromatic rings. The number of carbonyl (C=O) groups is 2. The summed E-state index contributed by atoms with van der Waals surface area (Å²) >= 11 is 0. The molecule has 10 heteroatoms. The predicted molar refractivity (Wildman–Crippen MR) is 170 cm³/mol. The van der Waals surface area contributed by atoms with Gasteiger partial charge in [-0.1, -0.05) is 60.7 Å². The highest BCUT2D eigenvalue weighted by Crippen LogP contribution is 2.29. The van der Waals surface area contributed by atoms with Crippen molar-refractivity contribution >= 4 is 28.7 Å². The van der Waals surface area contributed by atoms with Gasteiger partial charge in [0.2, 0.25) is 5.91 Å². The molecule has 0 spiro atoms. The van der Waals surface area contributed by atoms with Crippen molar-refractivity contribution in [3.8, 4) is 11.4 Å². The second-order valence-electron chi connectivity index (χ2n) is 11.0. The topological polar surface area (TPSA) is 119 Å². The Balaban J connectivity index is 1.13. The summed E-state index contributed by atoms with van der Waals surface area (Å²) in [6.45, 7) is 6.25. The van der Waals surface area contributed by atoms with Crippen LogP contribution in [0.4, 0.5) is 5.82 Å². The normalized spacial score (nSPS) is 14.4. The molecule has 1 aliphatic heterocycles. The van der Waals surface area contributed by atoms with E-state index in [1.807, 2.05) is 59.5 Å². The summed E-state index contributed by atoms with van der Waals surface area (Å²) < 4.78 is 5.78. The van der Waals surface area contributed by atoms with Crippen molar-refractivity contribution in [2.75, 3.05) is 51.1 Å². The van der Waals surface area contributed by atoms with Crippen molar-refractivity contribution in [1.82, 2.24) is 30.1 Å². The Kier molecular flexibility index (Phi) is 8.98. The molecule has 1 aliphatic rings. The molecule has 0 aliphatic carbocycles. The van der Waals surface area contributed by atoms with E-state index in [4.69, 9.17) is 14.4 Å². The van der Waals surface area contributed by atoms with Gasteiger partial charge in [0, 0.05) is 57.7 Å². The van der Waals surface area contributed by atoms with Gasteiger partial charge in [0.05, 0.1) is 11.6 Å².